The lowest BCUT2D eigenvalue weighted by Crippen LogP contribution is -2.30. The van der Waals surface area contributed by atoms with Gasteiger partial charge >= 0.3 is 25.7 Å². The van der Waals surface area contributed by atoms with Crippen molar-refractivity contribution in [1.29, 1.82) is 0 Å². The summed E-state index contributed by atoms with van der Waals surface area (Å²) >= 11 is 0. The number of allylic oxidation sites excluding steroid dienone is 8. The van der Waals surface area contributed by atoms with E-state index in [0.717, 1.165) is 96.3 Å². The van der Waals surface area contributed by atoms with Crippen LogP contribution in [0.5, 0.6) is 0 Å². The van der Waals surface area contributed by atoms with Gasteiger partial charge in [-0.3, -0.25) is 23.4 Å². The summed E-state index contributed by atoms with van der Waals surface area (Å²) in [6, 6.07) is 0. The number of carbonyl (C=O) groups excluding carboxylic acids is 3. The second-order valence-electron chi connectivity index (χ2n) is 22.6. The fraction of sp³-hybridized carbons (Fsp3) is 0.838. The number of phosphoric acid groups is 1. The number of phosphoric ester groups is 1. The SMILES string of the molecule is CCCCC/C=C\C/C=C\C/C=C\CCCCCCCCC(=O)OC(COC(=O)CCCCCCCCC/C=C\CCCCCCCC)COP(=O)(O)OCC(CO)OC(=O)CCCCCCCCCCCCCCCCCCC. The van der Waals surface area contributed by atoms with E-state index in [-0.39, 0.29) is 25.9 Å². The lowest BCUT2D eigenvalue weighted by Gasteiger charge is -2.21. The monoisotopic (exact) mass is 1150 g/mol. The molecule has 0 radical (unpaired) electrons. The molecule has 0 saturated carbocycles. The topological polar surface area (TPSA) is 155 Å². The summed E-state index contributed by atoms with van der Waals surface area (Å²) in [7, 11) is -4.76. The molecule has 0 fully saturated rings. The predicted octanol–water partition coefficient (Wildman–Crippen LogP) is 20.5. The number of esters is 3. The normalized spacial score (nSPS) is 13.5. The van der Waals surface area contributed by atoms with Gasteiger partial charge in [-0.05, 0) is 83.5 Å². The van der Waals surface area contributed by atoms with Crippen LogP contribution >= 0.6 is 7.82 Å². The minimum atomic E-state index is -4.76. The van der Waals surface area contributed by atoms with Crippen LogP contribution in [0.15, 0.2) is 48.6 Å². The third-order valence-corrected chi connectivity index (χ3v) is 15.7. The number of hydrogen-bond acceptors (Lipinski definition) is 10. The Morgan fingerprint density at radius 2 is 0.613 bits per heavy atom. The zero-order valence-electron chi connectivity index (χ0n) is 52.1. The van der Waals surface area contributed by atoms with Gasteiger partial charge in [-0.2, -0.15) is 0 Å². The predicted molar refractivity (Wildman–Crippen MR) is 335 cm³/mol. The van der Waals surface area contributed by atoms with Crippen molar-refractivity contribution >= 4 is 25.7 Å². The molecular weight excluding hydrogens is 1020 g/mol. The summed E-state index contributed by atoms with van der Waals surface area (Å²) in [5, 5.41) is 9.87. The first-order valence-corrected chi connectivity index (χ1v) is 35.0. The van der Waals surface area contributed by atoms with Crippen LogP contribution in [0.4, 0.5) is 0 Å². The summed E-state index contributed by atoms with van der Waals surface area (Å²) in [6.45, 7) is 4.67. The van der Waals surface area contributed by atoms with Crippen LogP contribution in [0.1, 0.15) is 329 Å². The zero-order chi connectivity index (χ0) is 58.3. The van der Waals surface area contributed by atoms with Gasteiger partial charge < -0.3 is 24.2 Å². The highest BCUT2D eigenvalue weighted by atomic mass is 31.2. The van der Waals surface area contributed by atoms with E-state index in [1.807, 2.05) is 0 Å². The number of rotatable bonds is 63. The molecule has 0 heterocycles. The van der Waals surface area contributed by atoms with E-state index in [0.29, 0.717) is 19.3 Å². The van der Waals surface area contributed by atoms with Crippen LogP contribution in [0.2, 0.25) is 0 Å². The Balaban J connectivity index is 4.69. The molecule has 3 atom stereocenters. The molecule has 80 heavy (non-hydrogen) atoms. The molecule has 2 N–H and O–H groups in total. The maximum Gasteiger partial charge on any atom is 0.472 e. The summed E-state index contributed by atoms with van der Waals surface area (Å²) in [5.74, 6) is -1.46. The van der Waals surface area contributed by atoms with E-state index in [9.17, 15) is 28.9 Å². The lowest BCUT2D eigenvalue weighted by molar-refractivity contribution is -0.161. The molecule has 0 saturated heterocycles. The van der Waals surface area contributed by atoms with Crippen molar-refractivity contribution < 1.29 is 52.2 Å². The first kappa shape index (κ1) is 77.4. The summed E-state index contributed by atoms with van der Waals surface area (Å²) in [6.07, 6.45) is 69.1. The largest absolute Gasteiger partial charge is 0.472 e. The van der Waals surface area contributed by atoms with Crippen LogP contribution in [0.3, 0.4) is 0 Å². The Hall–Kier alpha value is -2.56. The van der Waals surface area contributed by atoms with E-state index in [1.54, 1.807) is 0 Å². The third kappa shape index (κ3) is 60.0. The first-order chi connectivity index (χ1) is 39.2. The molecule has 0 aliphatic carbocycles. The molecule has 0 aromatic rings. The van der Waals surface area contributed by atoms with Crippen LogP contribution in [0, 0.1) is 0 Å². The molecule has 11 nitrogen and oxygen atoms in total. The highest BCUT2D eigenvalue weighted by Gasteiger charge is 2.28. The number of unbranched alkanes of at least 4 members (excludes halogenated alkanes) is 38. The van der Waals surface area contributed by atoms with E-state index >= 15 is 0 Å². The zero-order valence-corrected chi connectivity index (χ0v) is 53.0. The highest BCUT2D eigenvalue weighted by Crippen LogP contribution is 2.43. The summed E-state index contributed by atoms with van der Waals surface area (Å²) in [5.41, 5.74) is 0. The first-order valence-electron chi connectivity index (χ1n) is 33.5. The molecule has 3 unspecified atom stereocenters. The average Bonchev–Trinajstić information content (AvgIpc) is 3.45. The maximum atomic E-state index is 13.0. The maximum absolute atomic E-state index is 13.0. The molecule has 0 aliphatic heterocycles. The molecule has 0 bridgehead atoms. The van der Waals surface area contributed by atoms with Crippen molar-refractivity contribution in [2.24, 2.45) is 0 Å². The second-order valence-corrected chi connectivity index (χ2v) is 24.1. The molecule has 0 rings (SSSR count). The summed E-state index contributed by atoms with van der Waals surface area (Å²) < 4.78 is 39.7. The number of carbonyl (C=O) groups is 3. The van der Waals surface area contributed by atoms with Crippen molar-refractivity contribution in [3.05, 3.63) is 48.6 Å². The number of ether oxygens (including phenoxy) is 3. The molecule has 0 aliphatic rings. The number of aliphatic hydroxyl groups is 1. The number of hydrogen-bond donors (Lipinski definition) is 2. The van der Waals surface area contributed by atoms with Gasteiger partial charge in [0.1, 0.15) is 12.7 Å². The molecule has 12 heteroatoms. The van der Waals surface area contributed by atoms with Crippen LogP contribution in [-0.4, -0.2) is 66.5 Å². The van der Waals surface area contributed by atoms with Crippen LogP contribution < -0.4 is 0 Å². The lowest BCUT2D eigenvalue weighted by atomic mass is 10.0. The molecular formula is C68H125O11P. The van der Waals surface area contributed by atoms with Gasteiger partial charge in [-0.1, -0.05) is 275 Å². The van der Waals surface area contributed by atoms with Gasteiger partial charge in [0.05, 0.1) is 19.8 Å². The van der Waals surface area contributed by atoms with Gasteiger partial charge in [0.2, 0.25) is 0 Å². The highest BCUT2D eigenvalue weighted by molar-refractivity contribution is 7.47. The van der Waals surface area contributed by atoms with Crippen molar-refractivity contribution in [3.63, 3.8) is 0 Å². The van der Waals surface area contributed by atoms with E-state index in [2.05, 4.69) is 69.4 Å². The standard InChI is InChI=1S/C68H125O11P/c1-4-7-10-13-16-19-22-25-28-31-32-35-38-41-44-47-50-53-56-59-68(72)79-65(61-75-66(70)57-54-51-48-45-42-39-36-33-29-26-23-20-17-14-11-8-5-2)63-77-80(73,74)76-62-64(60-69)78-67(71)58-55-52-49-46-43-40-37-34-30-27-24-21-18-15-12-9-6-3/h16,19,25-26,28-29,32,35,64-65,69H,4-15,17-18,20-24,27,30-31,33-34,36-63H2,1-3H3,(H,73,74)/b19-16-,28-25-,29-26-,35-32-. The number of aliphatic hydroxyl groups excluding tert-OH is 1. The Morgan fingerprint density at radius 3 is 0.975 bits per heavy atom. The Labute approximate surface area is 492 Å². The van der Waals surface area contributed by atoms with Gasteiger partial charge in [0.25, 0.3) is 0 Å². The van der Waals surface area contributed by atoms with Gasteiger partial charge in [0.15, 0.2) is 6.10 Å². The average molecular weight is 1150 g/mol. The minimum absolute atomic E-state index is 0.154. The van der Waals surface area contributed by atoms with Crippen molar-refractivity contribution in [2.45, 2.75) is 341 Å². The van der Waals surface area contributed by atoms with Crippen molar-refractivity contribution in [2.75, 3.05) is 26.4 Å². The Kier molecular flexibility index (Phi) is 60.5. The van der Waals surface area contributed by atoms with Crippen molar-refractivity contribution in [1.82, 2.24) is 0 Å². The van der Waals surface area contributed by atoms with E-state index < -0.39 is 57.8 Å². The Morgan fingerprint density at radius 1 is 0.350 bits per heavy atom. The van der Waals surface area contributed by atoms with Crippen LogP contribution in [0.25, 0.3) is 0 Å². The Bertz CT molecular complexity index is 1530. The van der Waals surface area contributed by atoms with Crippen molar-refractivity contribution in [3.8, 4) is 0 Å². The van der Waals surface area contributed by atoms with Gasteiger partial charge in [-0.25, -0.2) is 4.57 Å². The fourth-order valence-electron chi connectivity index (χ4n) is 9.60. The van der Waals surface area contributed by atoms with Gasteiger partial charge in [-0.15, -0.1) is 0 Å². The molecule has 0 aromatic carbocycles. The molecule has 0 amide bonds. The third-order valence-electron chi connectivity index (χ3n) is 14.7. The fourth-order valence-corrected chi connectivity index (χ4v) is 10.4. The second kappa shape index (κ2) is 62.5. The van der Waals surface area contributed by atoms with Gasteiger partial charge in [0, 0.05) is 19.3 Å². The smallest absolute Gasteiger partial charge is 0.462 e. The minimum Gasteiger partial charge on any atom is -0.462 e. The summed E-state index contributed by atoms with van der Waals surface area (Å²) in [4.78, 5) is 48.8. The molecule has 0 aromatic heterocycles. The molecule has 468 valence electrons. The van der Waals surface area contributed by atoms with E-state index in [4.69, 9.17) is 23.3 Å². The molecule has 0 spiro atoms. The van der Waals surface area contributed by atoms with E-state index in [1.165, 1.54) is 173 Å². The van der Waals surface area contributed by atoms with Crippen LogP contribution in [-0.2, 0) is 42.2 Å². The quantitative estimate of drug-likeness (QED) is 0.0197.